The number of carboxylic acid groups (broad SMARTS) is 1. The molecule has 0 bridgehead atoms. The van der Waals surface area contributed by atoms with Gasteiger partial charge in [-0.25, -0.2) is 9.59 Å². The van der Waals surface area contributed by atoms with Crippen LogP contribution in [0.2, 0.25) is 0 Å². The highest BCUT2D eigenvalue weighted by molar-refractivity contribution is 5.72. The summed E-state index contributed by atoms with van der Waals surface area (Å²) in [6, 6.07) is 11.0. The predicted molar refractivity (Wildman–Crippen MR) is 141 cm³/mol. The average Bonchev–Trinajstić information content (AvgIpc) is 2.90. The molecule has 0 fully saturated rings. The van der Waals surface area contributed by atoms with Gasteiger partial charge in [0.15, 0.2) is 6.10 Å². The second-order valence-electron chi connectivity index (χ2n) is 9.12. The SMILES string of the molecule is CCCCCCCCN(CCOc1ccc(CC(OCC)C(=O)O)cc1)C(=O)Oc1ccc(C(F)(F)F)cc1. The van der Waals surface area contributed by atoms with Gasteiger partial charge in [-0.05, 0) is 55.3 Å². The normalized spacial score (nSPS) is 12.1. The molecule has 39 heavy (non-hydrogen) atoms. The van der Waals surface area contributed by atoms with Crippen molar-refractivity contribution < 1.29 is 42.1 Å². The molecular weight excluding hydrogens is 515 g/mol. The fourth-order valence-electron chi connectivity index (χ4n) is 3.88. The number of ether oxygens (including phenoxy) is 3. The highest BCUT2D eigenvalue weighted by atomic mass is 19.4. The van der Waals surface area contributed by atoms with E-state index in [2.05, 4.69) is 6.92 Å². The maximum absolute atomic E-state index is 12.8. The van der Waals surface area contributed by atoms with Crippen LogP contribution < -0.4 is 9.47 Å². The lowest BCUT2D eigenvalue weighted by molar-refractivity contribution is -0.150. The largest absolute Gasteiger partial charge is 0.492 e. The smallest absolute Gasteiger partial charge is 0.416 e. The average molecular weight is 554 g/mol. The molecule has 1 unspecified atom stereocenters. The number of aliphatic carboxylic acids is 1. The summed E-state index contributed by atoms with van der Waals surface area (Å²) >= 11 is 0. The van der Waals surface area contributed by atoms with Gasteiger partial charge < -0.3 is 24.2 Å². The number of alkyl halides is 3. The van der Waals surface area contributed by atoms with E-state index in [4.69, 9.17) is 14.2 Å². The molecule has 1 atom stereocenters. The number of carboxylic acids is 1. The lowest BCUT2D eigenvalue weighted by Gasteiger charge is -2.22. The molecule has 0 radical (unpaired) electrons. The third kappa shape index (κ3) is 12.0. The van der Waals surface area contributed by atoms with Crippen molar-refractivity contribution >= 4 is 12.1 Å². The number of benzene rings is 2. The molecule has 7 nitrogen and oxygen atoms in total. The van der Waals surface area contributed by atoms with Crippen LogP contribution in [0, 0.1) is 0 Å². The van der Waals surface area contributed by atoms with Gasteiger partial charge in [-0.15, -0.1) is 0 Å². The van der Waals surface area contributed by atoms with Crippen molar-refractivity contribution in [1.82, 2.24) is 4.90 Å². The Morgan fingerprint density at radius 1 is 0.872 bits per heavy atom. The first-order chi connectivity index (χ1) is 18.6. The Hall–Kier alpha value is -3.27. The number of carbonyl (C=O) groups excluding carboxylic acids is 1. The fraction of sp³-hybridized carbons (Fsp3) is 0.517. The van der Waals surface area contributed by atoms with Crippen molar-refractivity contribution in [2.24, 2.45) is 0 Å². The minimum Gasteiger partial charge on any atom is -0.492 e. The van der Waals surface area contributed by atoms with E-state index in [1.165, 1.54) is 4.90 Å². The number of nitrogens with zero attached hydrogens (tertiary/aromatic N) is 1. The van der Waals surface area contributed by atoms with Gasteiger partial charge in [-0.1, -0.05) is 51.2 Å². The van der Waals surface area contributed by atoms with Gasteiger partial charge >= 0.3 is 18.2 Å². The maximum atomic E-state index is 12.8. The molecule has 0 saturated carbocycles. The molecule has 10 heteroatoms. The van der Waals surface area contributed by atoms with Crippen LogP contribution >= 0.6 is 0 Å². The van der Waals surface area contributed by atoms with Crippen molar-refractivity contribution in [3.8, 4) is 11.5 Å². The first-order valence-electron chi connectivity index (χ1n) is 13.3. The van der Waals surface area contributed by atoms with E-state index in [9.17, 15) is 27.9 Å². The third-order valence-electron chi connectivity index (χ3n) is 6.04. The molecule has 2 rings (SSSR count). The summed E-state index contributed by atoms with van der Waals surface area (Å²) < 4.78 is 54.8. The van der Waals surface area contributed by atoms with E-state index in [1.54, 1.807) is 31.2 Å². The lowest BCUT2D eigenvalue weighted by atomic mass is 10.1. The molecule has 0 aromatic heterocycles. The number of unbranched alkanes of at least 4 members (excludes halogenated alkanes) is 5. The summed E-state index contributed by atoms with van der Waals surface area (Å²) in [6.45, 7) is 5.01. The van der Waals surface area contributed by atoms with Gasteiger partial charge in [0.25, 0.3) is 0 Å². The molecule has 0 saturated heterocycles. The van der Waals surface area contributed by atoms with Crippen LogP contribution in [-0.4, -0.2) is 54.5 Å². The van der Waals surface area contributed by atoms with Crippen LogP contribution in [0.15, 0.2) is 48.5 Å². The molecule has 0 heterocycles. The van der Waals surface area contributed by atoms with Crippen LogP contribution in [0.25, 0.3) is 0 Å². The Kier molecular flexibility index (Phi) is 13.6. The molecule has 1 amide bonds. The quantitative estimate of drug-likeness (QED) is 0.213. The van der Waals surface area contributed by atoms with Crippen molar-refractivity contribution in [1.29, 1.82) is 0 Å². The van der Waals surface area contributed by atoms with Crippen molar-refractivity contribution in [3.05, 3.63) is 59.7 Å². The molecule has 216 valence electrons. The van der Waals surface area contributed by atoms with E-state index >= 15 is 0 Å². The van der Waals surface area contributed by atoms with E-state index < -0.39 is 29.9 Å². The van der Waals surface area contributed by atoms with Gasteiger partial charge in [0, 0.05) is 19.6 Å². The van der Waals surface area contributed by atoms with Crippen molar-refractivity contribution in [3.63, 3.8) is 0 Å². The zero-order valence-electron chi connectivity index (χ0n) is 22.5. The number of carbonyl (C=O) groups is 2. The van der Waals surface area contributed by atoms with E-state index in [-0.39, 0.29) is 25.3 Å². The van der Waals surface area contributed by atoms with E-state index in [0.717, 1.165) is 68.4 Å². The first-order valence-corrected chi connectivity index (χ1v) is 13.3. The van der Waals surface area contributed by atoms with Gasteiger partial charge in [-0.2, -0.15) is 13.2 Å². The Morgan fingerprint density at radius 2 is 1.49 bits per heavy atom. The highest BCUT2D eigenvalue weighted by Gasteiger charge is 2.30. The number of hydrogen-bond acceptors (Lipinski definition) is 5. The third-order valence-corrected chi connectivity index (χ3v) is 6.04. The first kappa shape index (κ1) is 31.9. The molecule has 0 aliphatic heterocycles. The van der Waals surface area contributed by atoms with Gasteiger partial charge in [0.1, 0.15) is 18.1 Å². The van der Waals surface area contributed by atoms with Crippen LogP contribution in [-0.2, 0) is 22.1 Å². The Bertz CT molecular complexity index is 996. The zero-order chi connectivity index (χ0) is 28.7. The Morgan fingerprint density at radius 3 is 2.08 bits per heavy atom. The predicted octanol–water partition coefficient (Wildman–Crippen LogP) is 6.98. The van der Waals surface area contributed by atoms with Crippen LogP contribution in [0.3, 0.4) is 0 Å². The number of halogens is 3. The van der Waals surface area contributed by atoms with Crippen LogP contribution in [0.1, 0.15) is 63.5 Å². The molecular formula is C29H38F3NO6. The van der Waals surface area contributed by atoms with E-state index in [1.807, 2.05) is 0 Å². The number of amides is 1. The molecule has 0 aliphatic rings. The molecule has 2 aromatic carbocycles. The van der Waals surface area contributed by atoms with Crippen LogP contribution in [0.5, 0.6) is 11.5 Å². The van der Waals surface area contributed by atoms with Gasteiger partial charge in [0.05, 0.1) is 12.1 Å². The summed E-state index contributed by atoms with van der Waals surface area (Å²) in [5.74, 6) is -0.437. The minimum absolute atomic E-state index is 0.0316. The minimum atomic E-state index is -4.47. The monoisotopic (exact) mass is 553 g/mol. The zero-order valence-corrected chi connectivity index (χ0v) is 22.5. The number of rotatable bonds is 17. The summed E-state index contributed by atoms with van der Waals surface area (Å²) in [7, 11) is 0. The van der Waals surface area contributed by atoms with Gasteiger partial charge in [0.2, 0.25) is 0 Å². The summed E-state index contributed by atoms with van der Waals surface area (Å²) in [6.07, 6.45) is 0.385. The van der Waals surface area contributed by atoms with Crippen molar-refractivity contribution in [2.45, 2.75) is 71.1 Å². The van der Waals surface area contributed by atoms with E-state index in [0.29, 0.717) is 18.9 Å². The molecule has 2 aromatic rings. The summed E-state index contributed by atoms with van der Waals surface area (Å²) in [4.78, 5) is 25.6. The second-order valence-corrected chi connectivity index (χ2v) is 9.12. The topological polar surface area (TPSA) is 85.3 Å². The number of hydrogen-bond donors (Lipinski definition) is 1. The standard InChI is InChI=1S/C29H38F3NO6/c1-3-5-6-7-8-9-18-33(28(36)39-25-16-12-23(13-17-25)29(30,31)32)19-20-38-24-14-10-22(11-15-24)21-26(27(34)35)37-4-2/h10-17,26H,3-9,18-21H2,1-2H3,(H,34,35). The second kappa shape index (κ2) is 16.6. The Balaban J connectivity index is 1.94. The highest BCUT2D eigenvalue weighted by Crippen LogP contribution is 2.30. The Labute approximate surface area is 227 Å². The fourth-order valence-corrected chi connectivity index (χ4v) is 3.88. The molecule has 0 aliphatic carbocycles. The van der Waals surface area contributed by atoms with Crippen molar-refractivity contribution in [2.75, 3.05) is 26.3 Å². The summed E-state index contributed by atoms with van der Waals surface area (Å²) in [5.41, 5.74) is -0.0324. The lowest BCUT2D eigenvalue weighted by Crippen LogP contribution is -2.37. The summed E-state index contributed by atoms with van der Waals surface area (Å²) in [5, 5.41) is 9.25. The van der Waals surface area contributed by atoms with Gasteiger partial charge in [-0.3, -0.25) is 0 Å². The molecule has 0 spiro atoms. The molecule has 1 N–H and O–H groups in total. The van der Waals surface area contributed by atoms with Crippen LogP contribution in [0.4, 0.5) is 18.0 Å². The maximum Gasteiger partial charge on any atom is 0.416 e.